The van der Waals surface area contributed by atoms with Gasteiger partial charge >= 0.3 is 5.97 Å². The number of hydrogen-bond acceptors (Lipinski definition) is 5. The molecule has 1 aliphatic carbocycles. The molecule has 5 nitrogen and oxygen atoms in total. The quantitative estimate of drug-likeness (QED) is 0.700. The highest BCUT2D eigenvalue weighted by Crippen LogP contribution is 2.39. The van der Waals surface area contributed by atoms with Gasteiger partial charge in [0.15, 0.2) is 5.79 Å². The first-order valence-electron chi connectivity index (χ1n) is 5.92. The fourth-order valence-corrected chi connectivity index (χ4v) is 2.30. The van der Waals surface area contributed by atoms with E-state index < -0.39 is 5.79 Å². The van der Waals surface area contributed by atoms with Gasteiger partial charge in [-0.15, -0.1) is 0 Å². The zero-order valence-electron chi connectivity index (χ0n) is 10.3. The molecule has 0 aromatic carbocycles. The molecule has 2 rings (SSSR count). The van der Waals surface area contributed by atoms with Crippen molar-refractivity contribution in [2.75, 3.05) is 26.9 Å². The second kappa shape index (κ2) is 5.06. The lowest BCUT2D eigenvalue weighted by molar-refractivity contribution is -0.170. The Morgan fingerprint density at radius 3 is 2.71 bits per heavy atom. The van der Waals surface area contributed by atoms with Crippen molar-refractivity contribution < 1.29 is 23.7 Å². The molecule has 0 N–H and O–H groups in total. The second-order valence-electron chi connectivity index (χ2n) is 4.11. The summed E-state index contributed by atoms with van der Waals surface area (Å²) < 4.78 is 21.5. The van der Waals surface area contributed by atoms with Gasteiger partial charge in [-0.25, -0.2) is 4.79 Å². The summed E-state index contributed by atoms with van der Waals surface area (Å²) in [5, 5.41) is 0. The van der Waals surface area contributed by atoms with Crippen LogP contribution < -0.4 is 0 Å². The highest BCUT2D eigenvalue weighted by molar-refractivity contribution is 5.89. The van der Waals surface area contributed by atoms with E-state index in [-0.39, 0.29) is 5.97 Å². The van der Waals surface area contributed by atoms with Crippen LogP contribution in [0.2, 0.25) is 0 Å². The van der Waals surface area contributed by atoms with Crippen molar-refractivity contribution in [3.8, 4) is 0 Å². The topological polar surface area (TPSA) is 54.0 Å². The maximum absolute atomic E-state index is 11.7. The van der Waals surface area contributed by atoms with Gasteiger partial charge in [0.1, 0.15) is 5.76 Å². The first-order valence-corrected chi connectivity index (χ1v) is 5.92. The van der Waals surface area contributed by atoms with Gasteiger partial charge in [0.25, 0.3) is 0 Å². The Balaban J connectivity index is 2.20. The number of hydrogen-bond donors (Lipinski definition) is 0. The monoisotopic (exact) mass is 242 g/mol. The van der Waals surface area contributed by atoms with Crippen LogP contribution in [0.5, 0.6) is 0 Å². The molecule has 1 heterocycles. The lowest BCUT2D eigenvalue weighted by Crippen LogP contribution is -2.36. The number of carbonyl (C=O) groups is 1. The number of ether oxygens (including phenoxy) is 4. The minimum absolute atomic E-state index is 0.355. The maximum Gasteiger partial charge on any atom is 0.337 e. The summed E-state index contributed by atoms with van der Waals surface area (Å²) >= 11 is 0. The molecular weight excluding hydrogens is 224 g/mol. The minimum Gasteiger partial charge on any atom is -0.498 e. The molecular formula is C12H18O5. The minimum atomic E-state index is -0.635. The van der Waals surface area contributed by atoms with Crippen LogP contribution in [0.1, 0.15) is 26.2 Å². The van der Waals surface area contributed by atoms with Crippen molar-refractivity contribution in [1.29, 1.82) is 0 Å². The molecule has 0 radical (unpaired) electrons. The van der Waals surface area contributed by atoms with E-state index in [1.165, 1.54) is 7.11 Å². The SMILES string of the molecule is CCOC1=C(C(=O)OC)CC2(CC1)OCCO2. The third-order valence-electron chi connectivity index (χ3n) is 3.08. The molecule has 1 fully saturated rings. The van der Waals surface area contributed by atoms with E-state index in [0.29, 0.717) is 44.0 Å². The Kier molecular flexibility index (Phi) is 3.69. The standard InChI is InChI=1S/C12H18O5/c1-3-15-10-4-5-12(16-6-7-17-12)8-9(10)11(13)14-2/h3-8H2,1-2H3. The van der Waals surface area contributed by atoms with Crippen LogP contribution in [0.4, 0.5) is 0 Å². The second-order valence-corrected chi connectivity index (χ2v) is 4.11. The summed E-state index contributed by atoms with van der Waals surface area (Å²) in [6.07, 6.45) is 1.79. The summed E-state index contributed by atoms with van der Waals surface area (Å²) in [7, 11) is 1.37. The zero-order chi connectivity index (χ0) is 12.3. The molecule has 1 saturated heterocycles. The molecule has 0 aromatic rings. The van der Waals surface area contributed by atoms with E-state index >= 15 is 0 Å². The normalized spacial score (nSPS) is 22.9. The van der Waals surface area contributed by atoms with Crippen molar-refractivity contribution in [3.63, 3.8) is 0 Å². The molecule has 0 bridgehead atoms. The van der Waals surface area contributed by atoms with Crippen LogP contribution in [0.3, 0.4) is 0 Å². The van der Waals surface area contributed by atoms with E-state index in [2.05, 4.69) is 0 Å². The predicted octanol–water partition coefficient (Wildman–Crippen LogP) is 1.38. The van der Waals surface area contributed by atoms with Gasteiger partial charge in [-0.2, -0.15) is 0 Å². The van der Waals surface area contributed by atoms with Gasteiger partial charge in [-0.3, -0.25) is 0 Å². The van der Waals surface area contributed by atoms with E-state index in [1.54, 1.807) is 0 Å². The molecule has 0 aromatic heterocycles. The molecule has 96 valence electrons. The predicted molar refractivity (Wildman–Crippen MR) is 59.2 cm³/mol. The van der Waals surface area contributed by atoms with Gasteiger partial charge in [0.2, 0.25) is 0 Å². The maximum atomic E-state index is 11.7. The average molecular weight is 242 g/mol. The number of allylic oxidation sites excluding steroid dienone is 1. The first-order chi connectivity index (χ1) is 8.21. The summed E-state index contributed by atoms with van der Waals surface area (Å²) in [4.78, 5) is 11.7. The molecule has 5 heteroatoms. The molecule has 1 spiro atoms. The van der Waals surface area contributed by atoms with Crippen LogP contribution in [-0.4, -0.2) is 38.7 Å². The molecule has 0 unspecified atom stereocenters. The third-order valence-corrected chi connectivity index (χ3v) is 3.08. The smallest absolute Gasteiger partial charge is 0.337 e. The van der Waals surface area contributed by atoms with Crippen LogP contribution in [0.15, 0.2) is 11.3 Å². The number of rotatable bonds is 3. The zero-order valence-corrected chi connectivity index (χ0v) is 10.3. The number of esters is 1. The molecule has 17 heavy (non-hydrogen) atoms. The fourth-order valence-electron chi connectivity index (χ4n) is 2.30. The lowest BCUT2D eigenvalue weighted by Gasteiger charge is -2.33. The Labute approximate surface area is 101 Å². The summed E-state index contributed by atoms with van der Waals surface area (Å²) in [5.41, 5.74) is 0.544. The van der Waals surface area contributed by atoms with Gasteiger partial charge in [0.05, 0.1) is 32.5 Å². The Bertz CT molecular complexity index is 328. The van der Waals surface area contributed by atoms with Crippen molar-refractivity contribution >= 4 is 5.97 Å². The molecule has 0 atom stereocenters. The summed E-state index contributed by atoms with van der Waals surface area (Å²) in [6.45, 7) is 3.61. The molecule has 1 aliphatic heterocycles. The van der Waals surface area contributed by atoms with Crippen molar-refractivity contribution in [2.24, 2.45) is 0 Å². The van der Waals surface area contributed by atoms with Crippen molar-refractivity contribution in [3.05, 3.63) is 11.3 Å². The summed E-state index contributed by atoms with van der Waals surface area (Å²) in [6, 6.07) is 0. The van der Waals surface area contributed by atoms with Crippen LogP contribution in [0, 0.1) is 0 Å². The van der Waals surface area contributed by atoms with Crippen molar-refractivity contribution in [2.45, 2.75) is 32.0 Å². The van der Waals surface area contributed by atoms with E-state index in [1.807, 2.05) is 6.92 Å². The Morgan fingerprint density at radius 2 is 2.12 bits per heavy atom. The molecule has 2 aliphatic rings. The van der Waals surface area contributed by atoms with E-state index in [0.717, 1.165) is 6.42 Å². The van der Waals surface area contributed by atoms with Crippen LogP contribution in [0.25, 0.3) is 0 Å². The molecule has 0 saturated carbocycles. The van der Waals surface area contributed by atoms with Gasteiger partial charge in [-0.05, 0) is 6.92 Å². The third kappa shape index (κ3) is 2.45. The fraction of sp³-hybridized carbons (Fsp3) is 0.750. The van der Waals surface area contributed by atoms with Gasteiger partial charge < -0.3 is 18.9 Å². The highest BCUT2D eigenvalue weighted by Gasteiger charge is 2.43. The van der Waals surface area contributed by atoms with Crippen LogP contribution in [-0.2, 0) is 23.7 Å². The van der Waals surface area contributed by atoms with Gasteiger partial charge in [0, 0.05) is 19.3 Å². The number of methoxy groups -OCH3 is 1. The Morgan fingerprint density at radius 1 is 1.41 bits per heavy atom. The molecule has 0 amide bonds. The Hall–Kier alpha value is -1.07. The van der Waals surface area contributed by atoms with Crippen molar-refractivity contribution in [1.82, 2.24) is 0 Å². The number of carbonyl (C=O) groups excluding carboxylic acids is 1. The average Bonchev–Trinajstić information content (AvgIpc) is 2.79. The van der Waals surface area contributed by atoms with E-state index in [9.17, 15) is 4.79 Å². The summed E-state index contributed by atoms with van der Waals surface area (Å²) in [5.74, 6) is -0.278. The van der Waals surface area contributed by atoms with Gasteiger partial charge in [-0.1, -0.05) is 0 Å². The lowest BCUT2D eigenvalue weighted by atomic mass is 9.92. The van der Waals surface area contributed by atoms with E-state index in [4.69, 9.17) is 18.9 Å². The first kappa shape index (κ1) is 12.4. The van der Waals surface area contributed by atoms with Crippen LogP contribution >= 0.6 is 0 Å². The largest absolute Gasteiger partial charge is 0.498 e. The highest BCUT2D eigenvalue weighted by atomic mass is 16.7.